The number of rotatable bonds is 7. The minimum absolute atomic E-state index is 0.261. The number of methoxy groups -OCH3 is 1. The maximum Gasteiger partial charge on any atom is 0.337 e. The third-order valence-corrected chi connectivity index (χ3v) is 5.94. The summed E-state index contributed by atoms with van der Waals surface area (Å²) in [6, 6.07) is 8.55. The van der Waals surface area contributed by atoms with Gasteiger partial charge in [-0.15, -0.1) is 0 Å². The molecule has 0 spiro atoms. The molecule has 27 heavy (non-hydrogen) atoms. The number of nitrogens with one attached hydrogen (secondary N) is 1. The zero-order valence-electron chi connectivity index (χ0n) is 16.8. The highest BCUT2D eigenvalue weighted by Gasteiger charge is 2.18. The fourth-order valence-electron chi connectivity index (χ4n) is 4.25. The van der Waals surface area contributed by atoms with E-state index in [1.807, 2.05) is 18.2 Å². The van der Waals surface area contributed by atoms with E-state index in [9.17, 15) is 4.79 Å². The predicted molar refractivity (Wildman–Crippen MR) is 109 cm³/mol. The van der Waals surface area contributed by atoms with Crippen molar-refractivity contribution in [3.63, 3.8) is 0 Å². The quantitative estimate of drug-likeness (QED) is 0.588. The molecule has 150 valence electrons. The van der Waals surface area contributed by atoms with Crippen molar-refractivity contribution in [2.75, 3.05) is 46.4 Å². The first-order chi connectivity index (χ1) is 13.2. The van der Waals surface area contributed by atoms with Crippen molar-refractivity contribution in [1.29, 1.82) is 0 Å². The molecule has 1 aromatic carbocycles. The average molecular weight is 374 g/mol. The molecule has 0 unspecified atom stereocenters. The average Bonchev–Trinajstić information content (AvgIpc) is 2.98. The SMILES string of the molecule is COC(=O)c1cccc(CN2CCN(CCNC3CCCCCC3)CC2)c1. The van der Waals surface area contributed by atoms with Gasteiger partial charge >= 0.3 is 5.97 Å². The maximum absolute atomic E-state index is 11.7. The number of piperazine rings is 1. The van der Waals surface area contributed by atoms with Crippen LogP contribution in [-0.2, 0) is 11.3 Å². The Labute approximate surface area is 164 Å². The van der Waals surface area contributed by atoms with Gasteiger partial charge in [0.25, 0.3) is 0 Å². The molecule has 5 nitrogen and oxygen atoms in total. The first-order valence-electron chi connectivity index (χ1n) is 10.6. The molecule has 5 heteroatoms. The second-order valence-electron chi connectivity index (χ2n) is 7.95. The highest BCUT2D eigenvalue weighted by molar-refractivity contribution is 5.89. The molecular formula is C22H35N3O2. The highest BCUT2D eigenvalue weighted by Crippen LogP contribution is 2.17. The van der Waals surface area contributed by atoms with E-state index < -0.39 is 0 Å². The summed E-state index contributed by atoms with van der Waals surface area (Å²) in [7, 11) is 1.43. The van der Waals surface area contributed by atoms with Crippen LogP contribution in [-0.4, -0.2) is 68.2 Å². The number of esters is 1. The monoisotopic (exact) mass is 373 g/mol. The van der Waals surface area contributed by atoms with Gasteiger partial charge in [-0.25, -0.2) is 4.79 Å². The molecule has 1 aromatic rings. The third-order valence-electron chi connectivity index (χ3n) is 5.94. The zero-order chi connectivity index (χ0) is 18.9. The number of ether oxygens (including phenoxy) is 1. The first kappa shape index (κ1) is 20.3. The van der Waals surface area contributed by atoms with Crippen LogP contribution in [0.3, 0.4) is 0 Å². The van der Waals surface area contributed by atoms with Crippen LogP contribution in [0.5, 0.6) is 0 Å². The molecule has 2 aliphatic rings. The predicted octanol–water partition coefficient (Wildman–Crippen LogP) is 2.90. The standard InChI is InChI=1S/C22H35N3O2/c1-27-22(26)20-8-6-7-19(17-20)18-25-15-13-24(14-16-25)12-11-23-21-9-4-2-3-5-10-21/h6-8,17,21,23H,2-5,9-16,18H2,1H3. The van der Waals surface area contributed by atoms with Gasteiger partial charge < -0.3 is 10.1 Å². The van der Waals surface area contributed by atoms with Gasteiger partial charge in [-0.05, 0) is 30.5 Å². The Morgan fingerprint density at radius 1 is 1.07 bits per heavy atom. The maximum atomic E-state index is 11.7. The lowest BCUT2D eigenvalue weighted by Gasteiger charge is -2.35. The van der Waals surface area contributed by atoms with Crippen LogP contribution in [0.1, 0.15) is 54.4 Å². The summed E-state index contributed by atoms with van der Waals surface area (Å²) >= 11 is 0. The first-order valence-corrected chi connectivity index (χ1v) is 10.6. The number of nitrogens with zero attached hydrogens (tertiary/aromatic N) is 2. The molecular weight excluding hydrogens is 338 g/mol. The van der Waals surface area contributed by atoms with Gasteiger partial charge in [0.15, 0.2) is 0 Å². The molecule has 0 atom stereocenters. The summed E-state index contributed by atoms with van der Waals surface area (Å²) in [5.74, 6) is -0.261. The molecule has 1 saturated carbocycles. The van der Waals surface area contributed by atoms with E-state index in [0.29, 0.717) is 5.56 Å². The number of benzene rings is 1. The summed E-state index contributed by atoms with van der Waals surface area (Å²) in [6.07, 6.45) is 8.35. The van der Waals surface area contributed by atoms with Crippen molar-refractivity contribution >= 4 is 5.97 Å². The van der Waals surface area contributed by atoms with Crippen LogP contribution in [0.2, 0.25) is 0 Å². The summed E-state index contributed by atoms with van der Waals surface area (Å²) in [6.45, 7) is 7.61. The van der Waals surface area contributed by atoms with E-state index in [1.165, 1.54) is 51.2 Å². The van der Waals surface area contributed by atoms with Crippen LogP contribution in [0.25, 0.3) is 0 Å². The van der Waals surface area contributed by atoms with E-state index in [1.54, 1.807) is 0 Å². The minimum atomic E-state index is -0.261. The van der Waals surface area contributed by atoms with Crippen LogP contribution in [0, 0.1) is 0 Å². The van der Waals surface area contributed by atoms with Crippen molar-refractivity contribution in [3.05, 3.63) is 35.4 Å². The van der Waals surface area contributed by atoms with Gasteiger partial charge in [0.1, 0.15) is 0 Å². The van der Waals surface area contributed by atoms with E-state index in [2.05, 4.69) is 21.2 Å². The molecule has 0 aromatic heterocycles. The highest BCUT2D eigenvalue weighted by atomic mass is 16.5. The molecule has 1 aliphatic heterocycles. The summed E-state index contributed by atoms with van der Waals surface area (Å²) in [5, 5.41) is 3.78. The Balaban J connectivity index is 1.36. The largest absolute Gasteiger partial charge is 0.465 e. The molecule has 3 rings (SSSR count). The van der Waals surface area contributed by atoms with Gasteiger partial charge in [0.05, 0.1) is 12.7 Å². The summed E-state index contributed by atoms with van der Waals surface area (Å²) in [5.41, 5.74) is 1.82. The Morgan fingerprint density at radius 3 is 2.48 bits per heavy atom. The molecule has 1 saturated heterocycles. The van der Waals surface area contributed by atoms with E-state index in [-0.39, 0.29) is 5.97 Å². The number of carbonyl (C=O) groups is 1. The second-order valence-corrected chi connectivity index (χ2v) is 7.95. The Morgan fingerprint density at radius 2 is 1.78 bits per heavy atom. The van der Waals surface area contributed by atoms with Gasteiger partial charge in [-0.1, -0.05) is 37.8 Å². The van der Waals surface area contributed by atoms with Crippen LogP contribution >= 0.6 is 0 Å². The lowest BCUT2D eigenvalue weighted by Crippen LogP contribution is -2.48. The molecule has 1 aliphatic carbocycles. The molecule has 2 fully saturated rings. The van der Waals surface area contributed by atoms with Crippen molar-refractivity contribution < 1.29 is 9.53 Å². The zero-order valence-corrected chi connectivity index (χ0v) is 16.8. The van der Waals surface area contributed by atoms with Crippen molar-refractivity contribution in [3.8, 4) is 0 Å². The normalized spacial score (nSPS) is 20.3. The van der Waals surface area contributed by atoms with Crippen molar-refractivity contribution in [2.24, 2.45) is 0 Å². The van der Waals surface area contributed by atoms with Gasteiger partial charge in [0, 0.05) is 51.9 Å². The lowest BCUT2D eigenvalue weighted by molar-refractivity contribution is 0.0600. The smallest absolute Gasteiger partial charge is 0.337 e. The molecule has 1 N–H and O–H groups in total. The number of carbonyl (C=O) groups excluding carboxylic acids is 1. The molecule has 0 amide bonds. The van der Waals surface area contributed by atoms with E-state index in [4.69, 9.17) is 4.74 Å². The second kappa shape index (κ2) is 10.8. The fraction of sp³-hybridized carbons (Fsp3) is 0.682. The summed E-state index contributed by atoms with van der Waals surface area (Å²) in [4.78, 5) is 16.7. The minimum Gasteiger partial charge on any atom is -0.465 e. The van der Waals surface area contributed by atoms with Crippen LogP contribution < -0.4 is 5.32 Å². The Bertz CT molecular complexity index is 577. The number of hydrogen-bond donors (Lipinski definition) is 1. The summed E-state index contributed by atoms with van der Waals surface area (Å²) < 4.78 is 4.82. The van der Waals surface area contributed by atoms with Gasteiger partial charge in [-0.3, -0.25) is 9.80 Å². The van der Waals surface area contributed by atoms with Crippen molar-refractivity contribution in [1.82, 2.24) is 15.1 Å². The van der Waals surface area contributed by atoms with Gasteiger partial charge in [-0.2, -0.15) is 0 Å². The molecule has 1 heterocycles. The van der Waals surface area contributed by atoms with Crippen LogP contribution in [0.4, 0.5) is 0 Å². The van der Waals surface area contributed by atoms with E-state index in [0.717, 1.165) is 51.9 Å². The molecule has 0 bridgehead atoms. The fourth-order valence-corrected chi connectivity index (χ4v) is 4.25. The lowest BCUT2D eigenvalue weighted by atomic mass is 10.1. The van der Waals surface area contributed by atoms with Crippen molar-refractivity contribution in [2.45, 2.75) is 51.1 Å². The molecule has 0 radical (unpaired) electrons. The van der Waals surface area contributed by atoms with Crippen LogP contribution in [0.15, 0.2) is 24.3 Å². The number of hydrogen-bond acceptors (Lipinski definition) is 5. The van der Waals surface area contributed by atoms with E-state index >= 15 is 0 Å². The third kappa shape index (κ3) is 6.59. The Hall–Kier alpha value is -1.43. The van der Waals surface area contributed by atoms with Gasteiger partial charge in [0.2, 0.25) is 0 Å². The topological polar surface area (TPSA) is 44.8 Å². The Kier molecular flexibility index (Phi) is 8.11.